The number of nitrogens with zero attached hydrogens (tertiary/aromatic N) is 2. The van der Waals surface area contributed by atoms with Gasteiger partial charge in [-0.2, -0.15) is 0 Å². The Balaban J connectivity index is 1.74. The Morgan fingerprint density at radius 3 is 2.90 bits per heavy atom. The van der Waals surface area contributed by atoms with Gasteiger partial charge in [-0.25, -0.2) is 9.78 Å². The van der Waals surface area contributed by atoms with Crippen LogP contribution in [0.4, 0.5) is 0 Å². The van der Waals surface area contributed by atoms with Gasteiger partial charge >= 0.3 is 5.97 Å². The Kier molecular flexibility index (Phi) is 4.03. The predicted octanol–water partition coefficient (Wildman–Crippen LogP) is 2.47. The van der Waals surface area contributed by atoms with Crippen LogP contribution in [0.25, 0.3) is 0 Å². The van der Waals surface area contributed by atoms with Crippen molar-refractivity contribution >= 4 is 17.3 Å². The van der Waals surface area contributed by atoms with Crippen LogP contribution in [0.15, 0.2) is 5.38 Å². The molecule has 3 rings (SSSR count). The van der Waals surface area contributed by atoms with E-state index in [1.54, 1.807) is 11.3 Å². The third kappa shape index (κ3) is 2.84. The molecule has 1 N–H and O–H groups in total. The molecule has 1 aromatic heterocycles. The maximum Gasteiger partial charge on any atom is 0.334 e. The molecular formula is C15H22N2O3S. The molecule has 1 aromatic rings. The number of hydrogen-bond donors (Lipinski definition) is 1. The second kappa shape index (κ2) is 5.66. The largest absolute Gasteiger partial charge is 0.479 e. The Bertz CT molecular complexity index is 525. The van der Waals surface area contributed by atoms with Gasteiger partial charge in [0.25, 0.3) is 0 Å². The smallest absolute Gasteiger partial charge is 0.334 e. The fourth-order valence-corrected chi connectivity index (χ4v) is 3.90. The average Bonchev–Trinajstić information content (AvgIpc) is 2.85. The SMILES string of the molecule is CC(C)c1nc(CN2CC(C(=O)O)OCC23CCC3)cs1. The first kappa shape index (κ1) is 14.9. The van der Waals surface area contributed by atoms with E-state index in [0.29, 0.717) is 19.1 Å². The van der Waals surface area contributed by atoms with Crippen LogP contribution in [0.1, 0.15) is 49.7 Å². The molecule has 0 amide bonds. The van der Waals surface area contributed by atoms with Gasteiger partial charge < -0.3 is 9.84 Å². The zero-order chi connectivity index (χ0) is 15.0. The summed E-state index contributed by atoms with van der Waals surface area (Å²) in [5.41, 5.74) is 1.11. The molecule has 1 aliphatic heterocycles. The van der Waals surface area contributed by atoms with Crippen molar-refractivity contribution in [1.82, 2.24) is 9.88 Å². The van der Waals surface area contributed by atoms with Gasteiger partial charge in [-0.15, -0.1) is 11.3 Å². The molecule has 1 saturated heterocycles. The molecule has 1 aliphatic carbocycles. The van der Waals surface area contributed by atoms with Gasteiger partial charge in [0, 0.05) is 29.9 Å². The van der Waals surface area contributed by atoms with Crippen LogP contribution in [0.5, 0.6) is 0 Å². The van der Waals surface area contributed by atoms with E-state index in [0.717, 1.165) is 30.1 Å². The first-order chi connectivity index (χ1) is 10.00. The zero-order valence-corrected chi connectivity index (χ0v) is 13.4. The molecule has 1 unspecified atom stereocenters. The van der Waals surface area contributed by atoms with Crippen molar-refractivity contribution in [2.45, 2.75) is 57.2 Å². The van der Waals surface area contributed by atoms with E-state index >= 15 is 0 Å². The molecule has 5 nitrogen and oxygen atoms in total. The zero-order valence-electron chi connectivity index (χ0n) is 12.5. The predicted molar refractivity (Wildman–Crippen MR) is 80.6 cm³/mol. The molecule has 0 radical (unpaired) electrons. The summed E-state index contributed by atoms with van der Waals surface area (Å²) < 4.78 is 5.55. The van der Waals surface area contributed by atoms with Crippen molar-refractivity contribution in [1.29, 1.82) is 0 Å². The lowest BCUT2D eigenvalue weighted by molar-refractivity contribution is -0.178. The summed E-state index contributed by atoms with van der Waals surface area (Å²) >= 11 is 1.69. The number of hydrogen-bond acceptors (Lipinski definition) is 5. The summed E-state index contributed by atoms with van der Waals surface area (Å²) in [6.45, 7) is 6.02. The lowest BCUT2D eigenvalue weighted by Gasteiger charge is -2.53. The monoisotopic (exact) mass is 310 g/mol. The van der Waals surface area contributed by atoms with Gasteiger partial charge in [0.15, 0.2) is 6.10 Å². The second-order valence-corrected chi connectivity index (χ2v) is 7.32. The van der Waals surface area contributed by atoms with Gasteiger partial charge in [-0.1, -0.05) is 13.8 Å². The van der Waals surface area contributed by atoms with E-state index in [1.165, 1.54) is 6.42 Å². The molecule has 6 heteroatoms. The number of aromatic nitrogens is 1. The molecule has 0 bridgehead atoms. The number of morpholine rings is 1. The summed E-state index contributed by atoms with van der Waals surface area (Å²) in [6, 6.07) is 0. The highest BCUT2D eigenvalue weighted by atomic mass is 32.1. The minimum atomic E-state index is -0.865. The average molecular weight is 310 g/mol. The molecule has 1 spiro atoms. The summed E-state index contributed by atoms with van der Waals surface area (Å²) in [5.74, 6) is -0.423. The van der Waals surface area contributed by atoms with Crippen molar-refractivity contribution < 1.29 is 14.6 Å². The van der Waals surface area contributed by atoms with E-state index in [2.05, 4.69) is 29.1 Å². The van der Waals surface area contributed by atoms with Crippen LogP contribution in [-0.2, 0) is 16.1 Å². The highest BCUT2D eigenvalue weighted by Gasteiger charge is 2.48. The lowest BCUT2D eigenvalue weighted by Crippen LogP contribution is -2.63. The van der Waals surface area contributed by atoms with Gasteiger partial charge in [-0.05, 0) is 19.3 Å². The van der Waals surface area contributed by atoms with E-state index in [9.17, 15) is 9.90 Å². The summed E-state index contributed by atoms with van der Waals surface area (Å²) in [6.07, 6.45) is 2.69. The van der Waals surface area contributed by atoms with Crippen LogP contribution < -0.4 is 0 Å². The molecule has 21 heavy (non-hydrogen) atoms. The highest BCUT2D eigenvalue weighted by Crippen LogP contribution is 2.41. The molecule has 1 atom stereocenters. The van der Waals surface area contributed by atoms with E-state index in [1.807, 2.05) is 0 Å². The lowest BCUT2D eigenvalue weighted by atomic mass is 9.74. The summed E-state index contributed by atoms with van der Waals surface area (Å²) in [4.78, 5) is 18.2. The van der Waals surface area contributed by atoms with Gasteiger partial charge in [0.2, 0.25) is 0 Å². The molecular weight excluding hydrogens is 288 g/mol. The molecule has 0 aromatic carbocycles. The van der Waals surface area contributed by atoms with Crippen molar-refractivity contribution in [2.75, 3.05) is 13.2 Å². The third-order valence-corrected chi connectivity index (χ3v) is 5.78. The van der Waals surface area contributed by atoms with E-state index in [-0.39, 0.29) is 5.54 Å². The normalized spacial score (nSPS) is 25.2. The highest BCUT2D eigenvalue weighted by molar-refractivity contribution is 7.09. The third-order valence-electron chi connectivity index (χ3n) is 4.59. The molecule has 2 heterocycles. The number of aliphatic carboxylic acids is 1. The summed E-state index contributed by atoms with van der Waals surface area (Å²) in [7, 11) is 0. The number of ether oxygens (including phenoxy) is 1. The maximum atomic E-state index is 11.2. The van der Waals surface area contributed by atoms with Crippen molar-refractivity contribution in [3.63, 3.8) is 0 Å². The van der Waals surface area contributed by atoms with Crippen LogP contribution in [0, 0.1) is 0 Å². The molecule has 116 valence electrons. The van der Waals surface area contributed by atoms with Gasteiger partial charge in [-0.3, -0.25) is 4.90 Å². The molecule has 2 fully saturated rings. The van der Waals surface area contributed by atoms with Gasteiger partial charge in [0.1, 0.15) is 0 Å². The van der Waals surface area contributed by atoms with E-state index in [4.69, 9.17) is 4.74 Å². The van der Waals surface area contributed by atoms with Crippen LogP contribution in [0.2, 0.25) is 0 Å². The fourth-order valence-electron chi connectivity index (χ4n) is 3.08. The molecule has 1 saturated carbocycles. The van der Waals surface area contributed by atoms with Gasteiger partial charge in [0.05, 0.1) is 17.3 Å². The quantitative estimate of drug-likeness (QED) is 0.925. The number of thiazole rings is 1. The number of carbonyl (C=O) groups is 1. The Labute approximate surface area is 128 Å². The second-order valence-electron chi connectivity index (χ2n) is 6.43. The Morgan fingerprint density at radius 1 is 1.62 bits per heavy atom. The minimum Gasteiger partial charge on any atom is -0.479 e. The Morgan fingerprint density at radius 2 is 2.38 bits per heavy atom. The molecule has 2 aliphatic rings. The van der Waals surface area contributed by atoms with Crippen LogP contribution >= 0.6 is 11.3 Å². The number of carboxylic acid groups (broad SMARTS) is 1. The standard InChI is InChI=1S/C15H22N2O3S/c1-10(2)13-16-11(8-21-13)6-17-7-12(14(18)19)20-9-15(17)4-3-5-15/h8,10,12H,3-7,9H2,1-2H3,(H,18,19). The fraction of sp³-hybridized carbons (Fsp3) is 0.733. The van der Waals surface area contributed by atoms with E-state index < -0.39 is 12.1 Å². The first-order valence-corrected chi connectivity index (χ1v) is 8.42. The van der Waals surface area contributed by atoms with Crippen LogP contribution in [0.3, 0.4) is 0 Å². The van der Waals surface area contributed by atoms with Crippen molar-refractivity contribution in [3.05, 3.63) is 16.1 Å². The number of rotatable bonds is 4. The van der Waals surface area contributed by atoms with Crippen molar-refractivity contribution in [3.8, 4) is 0 Å². The topological polar surface area (TPSA) is 62.7 Å². The maximum absolute atomic E-state index is 11.2. The minimum absolute atomic E-state index is 0.0492. The van der Waals surface area contributed by atoms with Crippen molar-refractivity contribution in [2.24, 2.45) is 0 Å². The Hall–Kier alpha value is -0.980. The first-order valence-electron chi connectivity index (χ1n) is 7.54. The van der Waals surface area contributed by atoms with Crippen LogP contribution in [-0.4, -0.2) is 45.8 Å². The summed E-state index contributed by atoms with van der Waals surface area (Å²) in [5, 5.41) is 12.4. The number of carboxylic acids is 1.